The molecule has 1 rings (SSSR count). The van der Waals surface area contributed by atoms with E-state index in [2.05, 4.69) is 29.2 Å². The van der Waals surface area contributed by atoms with Gasteiger partial charge < -0.3 is 9.80 Å². The molecule has 0 N–H and O–H groups in total. The van der Waals surface area contributed by atoms with Crippen LogP contribution in [0.3, 0.4) is 0 Å². The molecular weight excluding hydrogens is 148 g/mol. The van der Waals surface area contributed by atoms with E-state index in [0.717, 1.165) is 25.5 Å². The van der Waals surface area contributed by atoms with E-state index in [1.165, 1.54) is 0 Å². The quantitative estimate of drug-likeness (QED) is 0.575. The summed E-state index contributed by atoms with van der Waals surface area (Å²) >= 11 is 5.55. The van der Waals surface area contributed by atoms with Gasteiger partial charge in [0, 0.05) is 31.9 Å². The van der Waals surface area contributed by atoms with Crippen LogP contribution in [-0.4, -0.2) is 35.9 Å². The molecule has 1 heterocycles. The first-order chi connectivity index (χ1) is 4.83. The summed E-state index contributed by atoms with van der Waals surface area (Å²) in [6, 6.07) is 0. The Labute approximate surface area is 67.1 Å². The molecule has 0 unspecified atom stereocenters. The zero-order valence-corrected chi connectivity index (χ0v) is 7.01. The minimum Gasteiger partial charge on any atom is -0.362 e. The Bertz CT molecular complexity index is 125. The molecule has 0 aromatic carbocycles. The molecule has 2 nitrogen and oxygen atoms in total. The van der Waals surface area contributed by atoms with Crippen molar-refractivity contribution in [2.45, 2.75) is 6.42 Å². The molecule has 58 valence electrons. The number of alkyl halides is 1. The van der Waals surface area contributed by atoms with Crippen LogP contribution >= 0.6 is 11.6 Å². The topological polar surface area (TPSA) is 6.48 Å². The highest BCUT2D eigenvalue weighted by Gasteiger charge is 2.05. The second-order valence-electron chi connectivity index (χ2n) is 2.55. The van der Waals surface area contributed by atoms with Crippen LogP contribution in [-0.2, 0) is 0 Å². The minimum absolute atomic E-state index is 0.758. The van der Waals surface area contributed by atoms with Gasteiger partial charge in [0.15, 0.2) is 0 Å². The van der Waals surface area contributed by atoms with Gasteiger partial charge in [-0.05, 0) is 6.42 Å². The van der Waals surface area contributed by atoms with Crippen LogP contribution in [0.25, 0.3) is 0 Å². The molecule has 1 aliphatic heterocycles. The maximum absolute atomic E-state index is 5.55. The molecule has 3 heteroatoms. The highest BCUT2D eigenvalue weighted by Crippen LogP contribution is 2.03. The molecule has 0 fully saturated rings. The van der Waals surface area contributed by atoms with Crippen LogP contribution in [0.1, 0.15) is 6.42 Å². The van der Waals surface area contributed by atoms with Crippen molar-refractivity contribution in [2.75, 3.05) is 26.1 Å². The fourth-order valence-electron chi connectivity index (χ4n) is 0.997. The highest BCUT2D eigenvalue weighted by molar-refractivity contribution is 6.17. The molecule has 0 amide bonds. The van der Waals surface area contributed by atoms with Crippen molar-refractivity contribution in [3.63, 3.8) is 0 Å². The molecule has 1 aliphatic rings. The summed E-state index contributed by atoms with van der Waals surface area (Å²) in [6.45, 7) is 2.08. The van der Waals surface area contributed by atoms with Gasteiger partial charge in [0.25, 0.3) is 0 Å². The van der Waals surface area contributed by atoms with Crippen molar-refractivity contribution in [3.05, 3.63) is 12.4 Å². The predicted octanol–water partition coefficient (Wildman–Crippen LogP) is 1.29. The zero-order chi connectivity index (χ0) is 7.40. The Balaban J connectivity index is 2.14. The van der Waals surface area contributed by atoms with Gasteiger partial charge in [-0.1, -0.05) is 0 Å². The van der Waals surface area contributed by atoms with Gasteiger partial charge in [-0.2, -0.15) is 0 Å². The lowest BCUT2D eigenvalue weighted by Gasteiger charge is -2.16. The Morgan fingerprint density at radius 1 is 1.50 bits per heavy atom. The van der Waals surface area contributed by atoms with Gasteiger partial charge in [0.05, 0.1) is 6.67 Å². The van der Waals surface area contributed by atoms with Gasteiger partial charge in [-0.15, -0.1) is 11.6 Å². The maximum Gasteiger partial charge on any atom is 0.0890 e. The second kappa shape index (κ2) is 3.71. The van der Waals surface area contributed by atoms with Crippen LogP contribution in [0.5, 0.6) is 0 Å². The number of hydrogen-bond acceptors (Lipinski definition) is 2. The van der Waals surface area contributed by atoms with Gasteiger partial charge in [0.2, 0.25) is 0 Å². The molecule has 0 aromatic rings. The molecule has 0 atom stereocenters. The molecule has 0 spiro atoms. The van der Waals surface area contributed by atoms with Crippen LogP contribution in [0.4, 0.5) is 0 Å². The second-order valence-corrected chi connectivity index (χ2v) is 2.93. The molecule has 10 heavy (non-hydrogen) atoms. The third kappa shape index (κ3) is 2.10. The molecule has 0 radical (unpaired) electrons. The SMILES string of the molecule is CN1C=CN(CCCCl)C1. The lowest BCUT2D eigenvalue weighted by atomic mass is 10.4. The highest BCUT2D eigenvalue weighted by atomic mass is 35.5. The molecular formula is C7H13ClN2. The first-order valence-corrected chi connectivity index (χ1v) is 4.05. The summed E-state index contributed by atoms with van der Waals surface area (Å²) in [4.78, 5) is 4.40. The Kier molecular flexibility index (Phi) is 2.87. The van der Waals surface area contributed by atoms with E-state index < -0.39 is 0 Å². The molecule has 0 bridgehead atoms. The van der Waals surface area contributed by atoms with E-state index in [4.69, 9.17) is 11.6 Å². The average Bonchev–Trinajstić information content (AvgIpc) is 2.31. The third-order valence-electron chi connectivity index (χ3n) is 1.52. The number of hydrogen-bond donors (Lipinski definition) is 0. The minimum atomic E-state index is 0.758. The fourth-order valence-corrected chi connectivity index (χ4v) is 1.12. The normalized spacial score (nSPS) is 17.0. The molecule has 0 aromatic heterocycles. The van der Waals surface area contributed by atoms with E-state index in [1.54, 1.807) is 0 Å². The van der Waals surface area contributed by atoms with Gasteiger partial charge in [-0.3, -0.25) is 0 Å². The molecule has 0 saturated heterocycles. The first kappa shape index (κ1) is 7.73. The summed E-state index contributed by atoms with van der Waals surface area (Å²) in [7, 11) is 2.07. The van der Waals surface area contributed by atoms with Gasteiger partial charge in [0.1, 0.15) is 0 Å². The number of nitrogens with zero attached hydrogens (tertiary/aromatic N) is 2. The van der Waals surface area contributed by atoms with Crippen molar-refractivity contribution in [1.82, 2.24) is 9.80 Å². The summed E-state index contributed by atoms with van der Waals surface area (Å²) in [5.41, 5.74) is 0. The van der Waals surface area contributed by atoms with Gasteiger partial charge >= 0.3 is 0 Å². The summed E-state index contributed by atoms with van der Waals surface area (Å²) < 4.78 is 0. The van der Waals surface area contributed by atoms with E-state index in [-0.39, 0.29) is 0 Å². The summed E-state index contributed by atoms with van der Waals surface area (Å²) in [5, 5.41) is 0. The van der Waals surface area contributed by atoms with Crippen LogP contribution in [0.15, 0.2) is 12.4 Å². The number of rotatable bonds is 3. The Morgan fingerprint density at radius 3 is 2.80 bits per heavy atom. The molecule has 0 saturated carbocycles. The summed E-state index contributed by atoms with van der Waals surface area (Å²) in [6.07, 6.45) is 5.25. The smallest absolute Gasteiger partial charge is 0.0890 e. The van der Waals surface area contributed by atoms with Crippen LogP contribution in [0.2, 0.25) is 0 Å². The van der Waals surface area contributed by atoms with Crippen LogP contribution in [0, 0.1) is 0 Å². The van der Waals surface area contributed by atoms with E-state index in [0.29, 0.717) is 0 Å². The third-order valence-corrected chi connectivity index (χ3v) is 1.78. The van der Waals surface area contributed by atoms with Gasteiger partial charge in [-0.25, -0.2) is 0 Å². The lowest BCUT2D eigenvalue weighted by molar-refractivity contribution is 0.297. The van der Waals surface area contributed by atoms with E-state index in [1.807, 2.05) is 0 Å². The maximum atomic E-state index is 5.55. The van der Waals surface area contributed by atoms with Crippen molar-refractivity contribution >= 4 is 11.6 Å². The van der Waals surface area contributed by atoms with Crippen molar-refractivity contribution < 1.29 is 0 Å². The lowest BCUT2D eigenvalue weighted by Crippen LogP contribution is -2.23. The monoisotopic (exact) mass is 160 g/mol. The predicted molar refractivity (Wildman–Crippen MR) is 43.8 cm³/mol. The Hall–Kier alpha value is -0.370. The zero-order valence-electron chi connectivity index (χ0n) is 6.26. The first-order valence-electron chi connectivity index (χ1n) is 3.51. The van der Waals surface area contributed by atoms with E-state index in [9.17, 15) is 0 Å². The molecule has 0 aliphatic carbocycles. The largest absolute Gasteiger partial charge is 0.362 e. The average molecular weight is 161 g/mol. The fraction of sp³-hybridized carbons (Fsp3) is 0.714. The summed E-state index contributed by atoms with van der Waals surface area (Å²) in [5.74, 6) is 0.758. The Morgan fingerprint density at radius 2 is 2.30 bits per heavy atom. The van der Waals surface area contributed by atoms with Crippen molar-refractivity contribution in [1.29, 1.82) is 0 Å². The van der Waals surface area contributed by atoms with Crippen molar-refractivity contribution in [2.24, 2.45) is 0 Å². The van der Waals surface area contributed by atoms with Crippen molar-refractivity contribution in [3.8, 4) is 0 Å². The van der Waals surface area contributed by atoms with Crippen LogP contribution < -0.4 is 0 Å². The number of halogens is 1. The standard InChI is InChI=1S/C7H13ClN2/c1-9-5-6-10(7-9)4-2-3-8/h5-6H,2-4,7H2,1H3. The van der Waals surface area contributed by atoms with E-state index >= 15 is 0 Å².